The molecule has 0 fully saturated rings. The van der Waals surface area contributed by atoms with Gasteiger partial charge in [0.05, 0.1) is 5.69 Å². The standard InChI is InChI=1S/C15H24N2O/c1-11(2)10-17-12(3)8-13-4-5-15-14(9-13)16-6-7-18-15/h4-5,9,11-12,16-17H,6-8,10H2,1-3H3. The lowest BCUT2D eigenvalue weighted by atomic mass is 10.0. The van der Waals surface area contributed by atoms with Gasteiger partial charge in [-0.3, -0.25) is 0 Å². The van der Waals surface area contributed by atoms with Gasteiger partial charge in [-0.15, -0.1) is 0 Å². The van der Waals surface area contributed by atoms with Crippen LogP contribution in [0.3, 0.4) is 0 Å². The minimum absolute atomic E-state index is 0.509. The molecule has 3 nitrogen and oxygen atoms in total. The van der Waals surface area contributed by atoms with Crippen LogP contribution in [0.25, 0.3) is 0 Å². The van der Waals surface area contributed by atoms with E-state index in [1.54, 1.807) is 0 Å². The van der Waals surface area contributed by atoms with Crippen molar-refractivity contribution < 1.29 is 4.74 Å². The Labute approximate surface area is 110 Å². The third kappa shape index (κ3) is 3.64. The molecule has 0 spiro atoms. The Morgan fingerprint density at radius 3 is 2.94 bits per heavy atom. The van der Waals surface area contributed by atoms with E-state index in [0.29, 0.717) is 12.0 Å². The Bertz CT molecular complexity index is 390. The van der Waals surface area contributed by atoms with Crippen LogP contribution in [-0.4, -0.2) is 25.7 Å². The van der Waals surface area contributed by atoms with Gasteiger partial charge in [0, 0.05) is 12.6 Å². The summed E-state index contributed by atoms with van der Waals surface area (Å²) in [5.74, 6) is 1.68. The Morgan fingerprint density at radius 2 is 2.17 bits per heavy atom. The predicted octanol–water partition coefficient (Wildman–Crippen LogP) is 2.67. The van der Waals surface area contributed by atoms with E-state index in [-0.39, 0.29) is 0 Å². The summed E-state index contributed by atoms with van der Waals surface area (Å²) in [7, 11) is 0. The maximum absolute atomic E-state index is 5.58. The van der Waals surface area contributed by atoms with Gasteiger partial charge in [0.25, 0.3) is 0 Å². The Hall–Kier alpha value is -1.22. The number of anilines is 1. The largest absolute Gasteiger partial charge is 0.490 e. The molecule has 1 aliphatic heterocycles. The van der Waals surface area contributed by atoms with Gasteiger partial charge in [-0.1, -0.05) is 19.9 Å². The maximum Gasteiger partial charge on any atom is 0.142 e. The first-order valence-corrected chi connectivity index (χ1v) is 6.88. The molecule has 3 heteroatoms. The molecular weight excluding hydrogens is 224 g/mol. The second-order valence-corrected chi connectivity index (χ2v) is 5.51. The minimum atomic E-state index is 0.509. The smallest absolute Gasteiger partial charge is 0.142 e. The molecule has 0 saturated carbocycles. The van der Waals surface area contributed by atoms with Crippen molar-refractivity contribution in [2.24, 2.45) is 5.92 Å². The summed E-state index contributed by atoms with van der Waals surface area (Å²) in [5, 5.41) is 6.94. The lowest BCUT2D eigenvalue weighted by Gasteiger charge is -2.21. The van der Waals surface area contributed by atoms with Gasteiger partial charge in [-0.2, -0.15) is 0 Å². The number of fused-ring (bicyclic) bond motifs is 1. The van der Waals surface area contributed by atoms with E-state index in [9.17, 15) is 0 Å². The van der Waals surface area contributed by atoms with Gasteiger partial charge in [-0.05, 0) is 43.5 Å². The van der Waals surface area contributed by atoms with E-state index in [4.69, 9.17) is 4.74 Å². The fourth-order valence-corrected chi connectivity index (χ4v) is 2.18. The number of benzene rings is 1. The van der Waals surface area contributed by atoms with Crippen molar-refractivity contribution in [1.29, 1.82) is 0 Å². The molecule has 0 aliphatic carbocycles. The van der Waals surface area contributed by atoms with Crippen molar-refractivity contribution in [3.8, 4) is 5.75 Å². The number of rotatable bonds is 5. The normalized spacial score (nSPS) is 15.8. The van der Waals surface area contributed by atoms with E-state index in [0.717, 1.165) is 37.6 Å². The van der Waals surface area contributed by atoms with Crippen molar-refractivity contribution in [2.75, 3.05) is 25.0 Å². The first kappa shape index (κ1) is 13.2. The third-order valence-corrected chi connectivity index (χ3v) is 3.14. The molecule has 0 amide bonds. The fourth-order valence-electron chi connectivity index (χ4n) is 2.18. The van der Waals surface area contributed by atoms with Crippen LogP contribution in [-0.2, 0) is 6.42 Å². The van der Waals surface area contributed by atoms with E-state index in [1.807, 2.05) is 0 Å². The van der Waals surface area contributed by atoms with Gasteiger partial charge in [0.1, 0.15) is 12.4 Å². The summed E-state index contributed by atoms with van der Waals surface area (Å²) in [6, 6.07) is 6.96. The SMILES string of the molecule is CC(C)CNC(C)Cc1ccc2c(c1)NCCO2. The van der Waals surface area contributed by atoms with Crippen molar-refractivity contribution in [3.05, 3.63) is 23.8 Å². The van der Waals surface area contributed by atoms with Crippen LogP contribution in [0.1, 0.15) is 26.3 Å². The molecule has 1 aromatic carbocycles. The molecule has 1 unspecified atom stereocenters. The van der Waals surface area contributed by atoms with Gasteiger partial charge in [-0.25, -0.2) is 0 Å². The molecule has 100 valence electrons. The third-order valence-electron chi connectivity index (χ3n) is 3.14. The molecule has 0 aromatic heterocycles. The summed E-state index contributed by atoms with van der Waals surface area (Å²) >= 11 is 0. The molecule has 18 heavy (non-hydrogen) atoms. The summed E-state index contributed by atoms with van der Waals surface area (Å²) in [6.07, 6.45) is 1.06. The lowest BCUT2D eigenvalue weighted by molar-refractivity contribution is 0.323. The van der Waals surface area contributed by atoms with Crippen molar-refractivity contribution in [3.63, 3.8) is 0 Å². The van der Waals surface area contributed by atoms with Crippen LogP contribution in [0.4, 0.5) is 5.69 Å². The van der Waals surface area contributed by atoms with Crippen LogP contribution in [0.5, 0.6) is 5.75 Å². The molecule has 0 bridgehead atoms. The first-order chi connectivity index (χ1) is 8.65. The van der Waals surface area contributed by atoms with E-state index in [2.05, 4.69) is 49.6 Å². The van der Waals surface area contributed by atoms with Gasteiger partial charge in [0.2, 0.25) is 0 Å². The molecule has 0 saturated heterocycles. The summed E-state index contributed by atoms with van der Waals surface area (Å²) in [4.78, 5) is 0. The molecule has 2 N–H and O–H groups in total. The highest BCUT2D eigenvalue weighted by Crippen LogP contribution is 2.28. The highest BCUT2D eigenvalue weighted by atomic mass is 16.5. The van der Waals surface area contributed by atoms with Crippen LogP contribution in [0.15, 0.2) is 18.2 Å². The van der Waals surface area contributed by atoms with Crippen molar-refractivity contribution in [2.45, 2.75) is 33.2 Å². The highest BCUT2D eigenvalue weighted by Gasteiger charge is 2.11. The zero-order valence-corrected chi connectivity index (χ0v) is 11.6. The van der Waals surface area contributed by atoms with Gasteiger partial charge >= 0.3 is 0 Å². The molecule has 1 atom stereocenters. The molecule has 1 aromatic rings. The number of hydrogen-bond donors (Lipinski definition) is 2. The summed E-state index contributed by atoms with van der Waals surface area (Å²) < 4.78 is 5.58. The van der Waals surface area contributed by atoms with Crippen LogP contribution >= 0.6 is 0 Å². The van der Waals surface area contributed by atoms with Gasteiger partial charge in [0.15, 0.2) is 0 Å². The predicted molar refractivity (Wildman–Crippen MR) is 76.4 cm³/mol. The summed E-state index contributed by atoms with van der Waals surface area (Å²) in [5.41, 5.74) is 2.49. The average Bonchev–Trinajstić information content (AvgIpc) is 2.36. The van der Waals surface area contributed by atoms with Crippen LogP contribution < -0.4 is 15.4 Å². The topological polar surface area (TPSA) is 33.3 Å². The second kappa shape index (κ2) is 6.10. The van der Waals surface area contributed by atoms with Crippen LogP contribution in [0.2, 0.25) is 0 Å². The second-order valence-electron chi connectivity index (χ2n) is 5.51. The number of nitrogens with one attached hydrogen (secondary N) is 2. The molecule has 1 heterocycles. The molecule has 1 aliphatic rings. The van der Waals surface area contributed by atoms with E-state index >= 15 is 0 Å². The molecule has 0 radical (unpaired) electrons. The number of ether oxygens (including phenoxy) is 1. The quantitative estimate of drug-likeness (QED) is 0.840. The minimum Gasteiger partial charge on any atom is -0.490 e. The molecule has 2 rings (SSSR count). The fraction of sp³-hybridized carbons (Fsp3) is 0.600. The van der Waals surface area contributed by atoms with E-state index in [1.165, 1.54) is 5.56 Å². The zero-order valence-electron chi connectivity index (χ0n) is 11.6. The zero-order chi connectivity index (χ0) is 13.0. The Morgan fingerprint density at radius 1 is 1.33 bits per heavy atom. The Kier molecular flexibility index (Phi) is 4.48. The van der Waals surface area contributed by atoms with Crippen molar-refractivity contribution >= 4 is 5.69 Å². The van der Waals surface area contributed by atoms with Gasteiger partial charge < -0.3 is 15.4 Å². The molecular formula is C15H24N2O. The average molecular weight is 248 g/mol. The first-order valence-electron chi connectivity index (χ1n) is 6.88. The maximum atomic E-state index is 5.58. The van der Waals surface area contributed by atoms with E-state index < -0.39 is 0 Å². The Balaban J connectivity index is 1.93. The monoisotopic (exact) mass is 248 g/mol. The number of hydrogen-bond acceptors (Lipinski definition) is 3. The van der Waals surface area contributed by atoms with Crippen LogP contribution in [0, 0.1) is 5.92 Å². The van der Waals surface area contributed by atoms with Crippen molar-refractivity contribution in [1.82, 2.24) is 5.32 Å². The summed E-state index contributed by atoms with van der Waals surface area (Å²) in [6.45, 7) is 9.45. The highest BCUT2D eigenvalue weighted by molar-refractivity contribution is 5.59. The lowest BCUT2D eigenvalue weighted by Crippen LogP contribution is -2.31.